The topological polar surface area (TPSA) is 212 Å². The molecule has 4 bridgehead atoms. The average Bonchev–Trinajstić information content (AvgIpc) is 1.75. The number of nitrogens with one attached hydrogen (secondary N) is 4. The SMILES string of the molecule is O=C(CCCCCNC(=O)NCCOCCOCCNS(=O)(=O)c1ccc(O[C@H]2c3cc(Cl)cc(Cl)c3C[C@@H]2N2CC3CCC2C3)cc1)CCCOCCOCCNS(=O)(=O)c1ccc(O[C@H]2c3cc(Cl)cc(Cl)c3C[C@@H]2N2CC3CCC2C3)cc1. The van der Waals surface area contributed by atoms with Gasteiger partial charge >= 0.3 is 6.03 Å². The fourth-order valence-corrected chi connectivity index (χ4v) is 16.7. The van der Waals surface area contributed by atoms with Crippen LogP contribution in [0.3, 0.4) is 0 Å². The Morgan fingerprint density at radius 2 is 0.942 bits per heavy atom. The van der Waals surface area contributed by atoms with Crippen molar-refractivity contribution >= 4 is 78.3 Å². The molecule has 470 valence electrons. The molecule has 2 amide bonds. The molecule has 0 aromatic heterocycles. The average molecular weight is 1310 g/mol. The summed E-state index contributed by atoms with van der Waals surface area (Å²) < 4.78 is 93.0. The number of ketones is 1. The number of carbonyl (C=O) groups is 2. The number of sulfonamides is 2. The van der Waals surface area contributed by atoms with E-state index in [1.807, 2.05) is 12.1 Å². The molecule has 2 aliphatic heterocycles. The number of hydrogen-bond acceptors (Lipinski definition) is 14. The molecular formula is C62H80Cl4N6O12S2. The minimum atomic E-state index is -3.79. The van der Waals surface area contributed by atoms with Gasteiger partial charge in [-0.1, -0.05) is 52.8 Å². The first-order chi connectivity index (χ1) is 41.6. The second kappa shape index (κ2) is 30.8. The molecule has 8 atom stereocenters. The molecule has 4 unspecified atom stereocenters. The second-order valence-corrected chi connectivity index (χ2v) is 28.6. The van der Waals surface area contributed by atoms with E-state index >= 15 is 0 Å². The minimum Gasteiger partial charge on any atom is -0.484 e. The van der Waals surface area contributed by atoms with E-state index in [4.69, 9.17) is 74.8 Å². The van der Waals surface area contributed by atoms with Crippen molar-refractivity contribution in [2.24, 2.45) is 11.8 Å². The number of piperidine rings is 2. The number of fused-ring (bicyclic) bond motifs is 6. The van der Waals surface area contributed by atoms with Crippen LogP contribution in [0.25, 0.3) is 0 Å². The van der Waals surface area contributed by atoms with Crippen molar-refractivity contribution in [2.75, 3.05) is 92.1 Å². The fraction of sp³-hybridized carbons (Fsp3) is 0.581. The molecule has 86 heavy (non-hydrogen) atoms. The molecule has 4 N–H and O–H groups in total. The Morgan fingerprint density at radius 1 is 0.500 bits per heavy atom. The summed E-state index contributed by atoms with van der Waals surface area (Å²) in [5, 5.41) is 7.98. The van der Waals surface area contributed by atoms with Gasteiger partial charge in [0.2, 0.25) is 20.0 Å². The van der Waals surface area contributed by atoms with Crippen LogP contribution in [0.4, 0.5) is 4.79 Å². The largest absolute Gasteiger partial charge is 0.484 e. The van der Waals surface area contributed by atoms with Gasteiger partial charge in [0.15, 0.2) is 0 Å². The number of ether oxygens (including phenoxy) is 6. The van der Waals surface area contributed by atoms with Gasteiger partial charge in [-0.2, -0.15) is 0 Å². The van der Waals surface area contributed by atoms with Crippen molar-refractivity contribution in [2.45, 2.75) is 136 Å². The van der Waals surface area contributed by atoms with Gasteiger partial charge in [0.05, 0.1) is 68.1 Å². The standard InChI is InChI=1S/C62H80Cl4N6O12S2/c63-43-33-54-52(56(65)35-43)37-58(71-39-41-7-9-45(71)31-41)60(54)83-48-11-15-50(16-12-48)85(75,76)69-21-25-81-28-27-79-23-4-6-47(73)5-2-1-3-19-67-62(74)68-20-24-80-29-30-82-26-22-70-86(77,78)51-17-13-49(14-18-51)84-61-55-34-44(64)36-57(66)53(55)38-59(61)72-40-42-8-10-46(72)32-42/h11-18,33-36,41-42,45-46,58-61,69-70H,1-10,19-32,37-40H2,(H2,67,68,74)/t41?,42?,45?,46?,58-,59-,60-,61-/m0/s1. The third-order valence-corrected chi connectivity index (χ3v) is 21.7. The van der Waals surface area contributed by atoms with Crippen LogP contribution in [0.2, 0.25) is 20.1 Å². The quantitative estimate of drug-likeness (QED) is 0.0316. The maximum absolute atomic E-state index is 13.1. The molecule has 2 heterocycles. The van der Waals surface area contributed by atoms with Crippen molar-refractivity contribution < 1.29 is 54.8 Å². The van der Waals surface area contributed by atoms with Crippen LogP contribution >= 0.6 is 46.4 Å². The number of likely N-dealkylation sites (tertiary alicyclic amines) is 2. The number of urea groups is 1. The van der Waals surface area contributed by atoms with Gasteiger partial charge in [0.25, 0.3) is 0 Å². The zero-order valence-electron chi connectivity index (χ0n) is 48.5. The van der Waals surface area contributed by atoms with E-state index in [9.17, 15) is 26.4 Å². The maximum Gasteiger partial charge on any atom is 0.314 e. The number of benzene rings is 4. The number of carbonyl (C=O) groups excluding carboxylic acids is 2. The first-order valence-corrected chi connectivity index (χ1v) is 34.9. The minimum absolute atomic E-state index is 0.0790. The third kappa shape index (κ3) is 17.1. The Bertz CT molecular complexity index is 2960. The van der Waals surface area contributed by atoms with E-state index < -0.39 is 20.0 Å². The molecule has 2 saturated carbocycles. The predicted molar refractivity (Wildman–Crippen MR) is 331 cm³/mol. The zero-order valence-corrected chi connectivity index (χ0v) is 53.1. The van der Waals surface area contributed by atoms with Crippen LogP contribution in [0.5, 0.6) is 11.5 Å². The smallest absolute Gasteiger partial charge is 0.314 e. The third-order valence-electron chi connectivity index (χ3n) is 17.6. The van der Waals surface area contributed by atoms with E-state index in [-0.39, 0.29) is 98.6 Å². The summed E-state index contributed by atoms with van der Waals surface area (Å²) in [6.07, 6.45) is 12.2. The number of halogens is 4. The summed E-state index contributed by atoms with van der Waals surface area (Å²) in [6, 6.07) is 21.4. The highest BCUT2D eigenvalue weighted by Crippen LogP contribution is 2.50. The Balaban J connectivity index is 0.494. The van der Waals surface area contributed by atoms with Gasteiger partial charge < -0.3 is 39.1 Å². The lowest BCUT2D eigenvalue weighted by Gasteiger charge is -2.36. The second-order valence-electron chi connectivity index (χ2n) is 23.4. The van der Waals surface area contributed by atoms with Gasteiger partial charge in [-0.25, -0.2) is 31.1 Å². The summed E-state index contributed by atoms with van der Waals surface area (Å²) in [5.74, 6) is 2.75. The first-order valence-electron chi connectivity index (χ1n) is 30.4. The van der Waals surface area contributed by atoms with E-state index in [0.717, 1.165) is 79.3 Å². The van der Waals surface area contributed by atoms with Crippen LogP contribution in [0.1, 0.15) is 112 Å². The lowest BCUT2D eigenvalue weighted by atomic mass is 10.0. The molecule has 24 heteroatoms. The van der Waals surface area contributed by atoms with E-state index in [1.165, 1.54) is 38.5 Å². The van der Waals surface area contributed by atoms with Crippen molar-refractivity contribution in [3.63, 3.8) is 0 Å². The lowest BCUT2D eigenvalue weighted by Crippen LogP contribution is -2.44. The van der Waals surface area contributed by atoms with Gasteiger partial charge in [0, 0.05) is 102 Å². The Hall–Kier alpha value is -3.84. The summed E-state index contributed by atoms with van der Waals surface area (Å²) >= 11 is 26.2. The molecule has 4 fully saturated rings. The summed E-state index contributed by atoms with van der Waals surface area (Å²) in [6.45, 7) is 5.24. The van der Waals surface area contributed by atoms with Crippen molar-refractivity contribution in [3.05, 3.63) is 115 Å². The number of nitrogens with zero attached hydrogens (tertiary/aromatic N) is 2. The molecule has 10 rings (SSSR count). The zero-order chi connectivity index (χ0) is 60.2. The monoisotopic (exact) mass is 1300 g/mol. The Kier molecular flexibility index (Phi) is 23.3. The van der Waals surface area contributed by atoms with E-state index in [2.05, 4.69) is 29.9 Å². The van der Waals surface area contributed by atoms with Gasteiger partial charge in [-0.3, -0.25) is 14.6 Å². The number of rotatable bonds is 35. The highest BCUT2D eigenvalue weighted by atomic mass is 35.5. The highest BCUT2D eigenvalue weighted by Gasteiger charge is 2.49. The number of Topliss-reactive ketones (excluding diaryl/α,β-unsaturated/α-hetero) is 1. The van der Waals surface area contributed by atoms with Gasteiger partial charge in [-0.15, -0.1) is 0 Å². The molecule has 0 spiro atoms. The number of amides is 2. The summed E-state index contributed by atoms with van der Waals surface area (Å²) in [5.41, 5.74) is 4.10. The van der Waals surface area contributed by atoms with Crippen LogP contribution < -0.4 is 29.6 Å². The Labute approximate surface area is 526 Å². The van der Waals surface area contributed by atoms with Crippen LogP contribution in [-0.4, -0.2) is 155 Å². The van der Waals surface area contributed by atoms with Crippen LogP contribution in [-0.2, 0) is 56.6 Å². The van der Waals surface area contributed by atoms with Crippen LogP contribution in [0, 0.1) is 11.8 Å². The summed E-state index contributed by atoms with van der Waals surface area (Å²) in [7, 11) is -7.57. The maximum atomic E-state index is 13.1. The van der Waals surface area contributed by atoms with Crippen molar-refractivity contribution in [1.29, 1.82) is 0 Å². The van der Waals surface area contributed by atoms with E-state index in [0.29, 0.717) is 89.2 Å². The molecule has 2 saturated heterocycles. The van der Waals surface area contributed by atoms with Crippen molar-refractivity contribution in [1.82, 2.24) is 29.9 Å². The van der Waals surface area contributed by atoms with Gasteiger partial charge in [-0.05, 0) is 166 Å². The molecule has 18 nitrogen and oxygen atoms in total. The van der Waals surface area contributed by atoms with Crippen molar-refractivity contribution in [3.8, 4) is 11.5 Å². The number of hydrogen-bond donors (Lipinski definition) is 4. The molecule has 4 aromatic rings. The van der Waals surface area contributed by atoms with Crippen LogP contribution in [0.15, 0.2) is 82.6 Å². The van der Waals surface area contributed by atoms with Gasteiger partial charge in [0.1, 0.15) is 29.5 Å². The normalized spacial score (nSPS) is 23.3. The molecule has 4 aromatic carbocycles. The summed E-state index contributed by atoms with van der Waals surface area (Å²) in [4.78, 5) is 30.0. The molecule has 4 aliphatic carbocycles. The highest BCUT2D eigenvalue weighted by molar-refractivity contribution is 7.89. The Morgan fingerprint density at radius 3 is 1.40 bits per heavy atom. The molecule has 0 radical (unpaired) electrons. The number of unbranched alkanes of at least 4 members (excludes halogenated alkanes) is 2. The fourth-order valence-electron chi connectivity index (χ4n) is 13.5. The molecular weight excluding hydrogens is 1230 g/mol. The van der Waals surface area contributed by atoms with E-state index in [1.54, 1.807) is 60.7 Å². The lowest BCUT2D eigenvalue weighted by molar-refractivity contribution is -0.119. The first kappa shape index (κ1) is 65.1. The molecule has 6 aliphatic rings. The predicted octanol–water partition coefficient (Wildman–Crippen LogP) is 9.89.